The van der Waals surface area contributed by atoms with Crippen molar-refractivity contribution in [3.63, 3.8) is 0 Å². The van der Waals surface area contributed by atoms with Gasteiger partial charge in [-0.25, -0.2) is 9.97 Å². The molecule has 2 aromatic heterocycles. The summed E-state index contributed by atoms with van der Waals surface area (Å²) in [6, 6.07) is 2.03. The maximum absolute atomic E-state index is 12.7. The fourth-order valence-electron chi connectivity index (χ4n) is 3.68. The zero-order valence-corrected chi connectivity index (χ0v) is 16.4. The Bertz CT molecular complexity index is 805. The second-order valence-electron chi connectivity index (χ2n) is 7.18. The van der Waals surface area contributed by atoms with Crippen molar-refractivity contribution in [2.75, 3.05) is 62.3 Å². The van der Waals surface area contributed by atoms with Crippen LogP contribution in [0.4, 0.5) is 11.6 Å². The van der Waals surface area contributed by atoms with Gasteiger partial charge in [0.15, 0.2) is 0 Å². The van der Waals surface area contributed by atoms with Gasteiger partial charge < -0.3 is 24.0 Å². The van der Waals surface area contributed by atoms with Crippen LogP contribution in [0.3, 0.4) is 0 Å². The van der Waals surface area contributed by atoms with Crippen LogP contribution in [0, 0.1) is 13.8 Å². The van der Waals surface area contributed by atoms with Gasteiger partial charge in [-0.2, -0.15) is 0 Å². The number of carbonyl (C=O) groups is 1. The average Bonchev–Trinajstić information content (AvgIpc) is 3.06. The summed E-state index contributed by atoms with van der Waals surface area (Å²) in [5.74, 6) is 2.69. The lowest BCUT2D eigenvalue weighted by Crippen LogP contribution is -2.49. The lowest BCUT2D eigenvalue weighted by atomic mass is 10.1. The van der Waals surface area contributed by atoms with Crippen molar-refractivity contribution in [1.82, 2.24) is 20.0 Å². The molecule has 150 valence electrons. The van der Waals surface area contributed by atoms with Crippen LogP contribution >= 0.6 is 0 Å². The summed E-state index contributed by atoms with van der Waals surface area (Å²) in [6.45, 7) is 9.75. The third-order valence-electron chi connectivity index (χ3n) is 5.44. The summed E-state index contributed by atoms with van der Waals surface area (Å²) in [5.41, 5.74) is 1.69. The molecule has 2 saturated heterocycles. The van der Waals surface area contributed by atoms with Gasteiger partial charge in [-0.1, -0.05) is 5.16 Å². The summed E-state index contributed by atoms with van der Waals surface area (Å²) in [7, 11) is 0. The number of hydrogen-bond donors (Lipinski definition) is 0. The van der Waals surface area contributed by atoms with E-state index in [2.05, 4.69) is 24.9 Å². The normalized spacial score (nSPS) is 17.9. The molecule has 9 heteroatoms. The van der Waals surface area contributed by atoms with Crippen molar-refractivity contribution in [2.45, 2.75) is 20.3 Å². The molecule has 1 amide bonds. The number of aryl methyl sites for hydroxylation is 2. The molecule has 0 aromatic carbocycles. The van der Waals surface area contributed by atoms with E-state index >= 15 is 0 Å². The highest BCUT2D eigenvalue weighted by Crippen LogP contribution is 2.20. The van der Waals surface area contributed by atoms with Gasteiger partial charge in [-0.3, -0.25) is 4.79 Å². The molecule has 0 bridgehead atoms. The lowest BCUT2D eigenvalue weighted by molar-refractivity contribution is -0.130. The molecule has 28 heavy (non-hydrogen) atoms. The van der Waals surface area contributed by atoms with Gasteiger partial charge in [0.25, 0.3) is 0 Å². The first-order valence-electron chi connectivity index (χ1n) is 9.71. The van der Waals surface area contributed by atoms with E-state index in [1.807, 2.05) is 24.8 Å². The van der Waals surface area contributed by atoms with Crippen molar-refractivity contribution in [1.29, 1.82) is 0 Å². The number of aromatic nitrogens is 3. The first kappa shape index (κ1) is 18.7. The minimum absolute atomic E-state index is 0.116. The Morgan fingerprint density at radius 2 is 1.64 bits per heavy atom. The summed E-state index contributed by atoms with van der Waals surface area (Å²) in [4.78, 5) is 27.9. The highest BCUT2D eigenvalue weighted by atomic mass is 16.5. The van der Waals surface area contributed by atoms with E-state index < -0.39 is 0 Å². The van der Waals surface area contributed by atoms with E-state index in [1.165, 1.54) is 0 Å². The predicted molar refractivity (Wildman–Crippen MR) is 104 cm³/mol. The largest absolute Gasteiger partial charge is 0.378 e. The zero-order chi connectivity index (χ0) is 19.5. The molecule has 0 atom stereocenters. The van der Waals surface area contributed by atoms with Crippen molar-refractivity contribution in [2.24, 2.45) is 0 Å². The molecule has 0 aliphatic carbocycles. The molecule has 0 spiro atoms. The standard InChI is InChI=1S/C19H26N6O3/c1-14-16(15(2)28-22-14)11-19(26)25-5-3-23(4-6-25)17-12-18(21-13-20-17)24-7-9-27-10-8-24/h12-13H,3-11H2,1-2H3. The monoisotopic (exact) mass is 386 g/mol. The maximum atomic E-state index is 12.7. The lowest BCUT2D eigenvalue weighted by Gasteiger charge is -2.36. The van der Waals surface area contributed by atoms with E-state index in [1.54, 1.807) is 6.33 Å². The van der Waals surface area contributed by atoms with Crippen molar-refractivity contribution in [3.05, 3.63) is 29.4 Å². The van der Waals surface area contributed by atoms with Crippen LogP contribution in [0.5, 0.6) is 0 Å². The molecular weight excluding hydrogens is 360 g/mol. The van der Waals surface area contributed by atoms with Gasteiger partial charge in [0.1, 0.15) is 23.7 Å². The quantitative estimate of drug-likeness (QED) is 0.763. The SMILES string of the molecule is Cc1noc(C)c1CC(=O)N1CCN(c2cc(N3CCOCC3)ncn2)CC1. The van der Waals surface area contributed by atoms with Gasteiger partial charge in [-0.15, -0.1) is 0 Å². The average molecular weight is 386 g/mol. The third kappa shape index (κ3) is 3.94. The molecule has 4 heterocycles. The van der Waals surface area contributed by atoms with E-state index in [0.29, 0.717) is 19.5 Å². The molecule has 4 rings (SSSR count). The first-order valence-corrected chi connectivity index (χ1v) is 9.71. The molecule has 0 unspecified atom stereocenters. The Labute approximate surface area is 164 Å². The molecule has 2 aromatic rings. The number of piperazine rings is 1. The molecule has 0 N–H and O–H groups in total. The number of rotatable bonds is 4. The second kappa shape index (κ2) is 8.14. The minimum atomic E-state index is 0.116. The first-order chi connectivity index (χ1) is 13.6. The predicted octanol–water partition coefficient (Wildman–Crippen LogP) is 0.809. The van der Waals surface area contributed by atoms with E-state index in [4.69, 9.17) is 9.26 Å². The van der Waals surface area contributed by atoms with Crippen LogP contribution in [0.2, 0.25) is 0 Å². The van der Waals surface area contributed by atoms with Crippen molar-refractivity contribution >= 4 is 17.5 Å². The van der Waals surface area contributed by atoms with E-state index in [9.17, 15) is 4.79 Å². The van der Waals surface area contributed by atoms with Gasteiger partial charge in [0.2, 0.25) is 5.91 Å². The highest BCUT2D eigenvalue weighted by Gasteiger charge is 2.24. The number of morpholine rings is 1. The van der Waals surface area contributed by atoms with Gasteiger partial charge >= 0.3 is 0 Å². The third-order valence-corrected chi connectivity index (χ3v) is 5.44. The van der Waals surface area contributed by atoms with Crippen LogP contribution in [-0.2, 0) is 16.0 Å². The molecular formula is C19H26N6O3. The number of amides is 1. The summed E-state index contributed by atoms with van der Waals surface area (Å²) < 4.78 is 10.6. The van der Waals surface area contributed by atoms with Crippen LogP contribution in [0.15, 0.2) is 16.9 Å². The number of nitrogens with zero attached hydrogens (tertiary/aromatic N) is 6. The molecule has 0 radical (unpaired) electrons. The number of hydrogen-bond acceptors (Lipinski definition) is 8. The van der Waals surface area contributed by atoms with E-state index in [-0.39, 0.29) is 5.91 Å². The summed E-state index contributed by atoms with van der Waals surface area (Å²) >= 11 is 0. The maximum Gasteiger partial charge on any atom is 0.227 e. The molecule has 9 nitrogen and oxygen atoms in total. The van der Waals surface area contributed by atoms with Gasteiger partial charge in [0.05, 0.1) is 25.3 Å². The Balaban J connectivity index is 1.35. The molecule has 0 saturated carbocycles. The van der Waals surface area contributed by atoms with Crippen LogP contribution in [0.1, 0.15) is 17.0 Å². The summed E-state index contributed by atoms with van der Waals surface area (Å²) in [6.07, 6.45) is 1.96. The number of ether oxygens (including phenoxy) is 1. The topological polar surface area (TPSA) is 87.8 Å². The van der Waals surface area contributed by atoms with Crippen LogP contribution in [-0.4, -0.2) is 78.4 Å². The van der Waals surface area contributed by atoms with Gasteiger partial charge in [-0.05, 0) is 13.8 Å². The van der Waals surface area contributed by atoms with Crippen LogP contribution in [0.25, 0.3) is 0 Å². The Kier molecular flexibility index (Phi) is 5.43. The molecule has 2 aliphatic heterocycles. The Morgan fingerprint density at radius 1 is 1.00 bits per heavy atom. The van der Waals surface area contributed by atoms with E-state index in [0.717, 1.165) is 68.0 Å². The molecule has 2 aliphatic rings. The Hall–Kier alpha value is -2.68. The summed E-state index contributed by atoms with van der Waals surface area (Å²) in [5, 5.41) is 3.93. The van der Waals surface area contributed by atoms with Crippen LogP contribution < -0.4 is 9.80 Å². The second-order valence-corrected chi connectivity index (χ2v) is 7.18. The highest BCUT2D eigenvalue weighted by molar-refractivity contribution is 5.79. The minimum Gasteiger partial charge on any atom is -0.378 e. The van der Waals surface area contributed by atoms with Crippen molar-refractivity contribution in [3.8, 4) is 0 Å². The fraction of sp³-hybridized carbons (Fsp3) is 0.579. The van der Waals surface area contributed by atoms with Crippen molar-refractivity contribution < 1.29 is 14.1 Å². The zero-order valence-electron chi connectivity index (χ0n) is 16.4. The number of carbonyl (C=O) groups excluding carboxylic acids is 1. The number of anilines is 2. The fourth-order valence-corrected chi connectivity index (χ4v) is 3.68. The smallest absolute Gasteiger partial charge is 0.227 e. The Morgan fingerprint density at radius 3 is 2.25 bits per heavy atom. The van der Waals surface area contributed by atoms with Gasteiger partial charge in [0, 0.05) is 50.9 Å². The molecule has 2 fully saturated rings.